The van der Waals surface area contributed by atoms with Gasteiger partial charge in [0.1, 0.15) is 0 Å². The lowest BCUT2D eigenvalue weighted by Crippen LogP contribution is -2.37. The quantitative estimate of drug-likeness (QED) is 0.185. The van der Waals surface area contributed by atoms with E-state index in [2.05, 4.69) is 33.0 Å². The van der Waals surface area contributed by atoms with Crippen molar-refractivity contribution < 1.29 is 18.4 Å². The minimum Gasteiger partial charge on any atom is -0.351 e. The first kappa shape index (κ1) is 28.6. The first-order valence-corrected chi connectivity index (χ1v) is 13.7. The minimum absolute atomic E-state index is 0.0419. The summed E-state index contributed by atoms with van der Waals surface area (Å²) in [6.45, 7) is 12.8. The molecule has 1 amide bonds. The Morgan fingerprint density at radius 3 is 2.07 bits per heavy atom. The van der Waals surface area contributed by atoms with Crippen molar-refractivity contribution in [2.45, 2.75) is 118 Å². The molecule has 0 aliphatic rings. The Morgan fingerprint density at radius 1 is 0.931 bits per heavy atom. The van der Waals surface area contributed by atoms with Crippen LogP contribution in [0.25, 0.3) is 0 Å². The normalized spacial score (nSPS) is 15.1. The zero-order valence-electron chi connectivity index (χ0n) is 20.1. The lowest BCUT2D eigenvalue weighted by molar-refractivity contribution is -0.122. The molecule has 6 heteroatoms. The van der Waals surface area contributed by atoms with Crippen LogP contribution in [-0.2, 0) is 18.4 Å². The van der Waals surface area contributed by atoms with E-state index in [4.69, 9.17) is 9.05 Å². The Labute approximate surface area is 180 Å². The number of amides is 1. The number of rotatable bonds is 18. The predicted octanol–water partition coefficient (Wildman–Crippen LogP) is 7.09. The van der Waals surface area contributed by atoms with Gasteiger partial charge in [-0.1, -0.05) is 86.0 Å². The van der Waals surface area contributed by atoms with Crippen LogP contribution in [-0.4, -0.2) is 31.8 Å². The number of carbonyl (C=O) groups excluding carboxylic acids is 1. The van der Waals surface area contributed by atoms with E-state index in [9.17, 15) is 9.36 Å². The monoisotopic (exact) mass is 433 g/mol. The molecule has 0 rings (SSSR count). The van der Waals surface area contributed by atoms with Gasteiger partial charge >= 0.3 is 7.60 Å². The molecule has 2 unspecified atom stereocenters. The summed E-state index contributed by atoms with van der Waals surface area (Å²) in [5.41, 5.74) is 0.132. The molecule has 0 saturated heterocycles. The van der Waals surface area contributed by atoms with E-state index in [1.54, 1.807) is 0 Å². The molecular formula is C23H48NO4P. The summed E-state index contributed by atoms with van der Waals surface area (Å²) in [5.74, 6) is 0.0419. The van der Waals surface area contributed by atoms with Gasteiger partial charge in [-0.05, 0) is 24.7 Å². The smallest absolute Gasteiger partial charge is 0.327 e. The lowest BCUT2D eigenvalue weighted by atomic mass is 9.93. The fourth-order valence-corrected chi connectivity index (χ4v) is 3.98. The van der Waals surface area contributed by atoms with E-state index in [1.807, 2.05) is 6.92 Å². The highest BCUT2D eigenvalue weighted by Crippen LogP contribution is 2.44. The summed E-state index contributed by atoms with van der Waals surface area (Å²) in [6, 6.07) is -0.103. The molecule has 0 aromatic heterocycles. The Hall–Kier alpha value is -0.380. The van der Waals surface area contributed by atoms with Crippen molar-refractivity contribution in [1.29, 1.82) is 0 Å². The van der Waals surface area contributed by atoms with E-state index in [1.165, 1.54) is 45.2 Å². The average molecular weight is 434 g/mol. The summed E-state index contributed by atoms with van der Waals surface area (Å²) >= 11 is 0. The highest BCUT2D eigenvalue weighted by atomic mass is 31.2. The predicted molar refractivity (Wildman–Crippen MR) is 124 cm³/mol. The van der Waals surface area contributed by atoms with E-state index >= 15 is 0 Å². The number of hydrogen-bond acceptors (Lipinski definition) is 4. The molecular weight excluding hydrogens is 385 g/mol. The zero-order chi connectivity index (χ0) is 22.2. The molecule has 5 nitrogen and oxygen atoms in total. The van der Waals surface area contributed by atoms with Gasteiger partial charge in [0.15, 0.2) is 0 Å². The van der Waals surface area contributed by atoms with Crippen LogP contribution >= 0.6 is 7.60 Å². The molecule has 0 spiro atoms. The molecule has 0 radical (unpaired) electrons. The number of nitrogens with one attached hydrogen (secondary N) is 1. The van der Waals surface area contributed by atoms with Gasteiger partial charge < -0.3 is 14.4 Å². The highest BCUT2D eigenvalue weighted by molar-refractivity contribution is 7.52. The van der Waals surface area contributed by atoms with Crippen molar-refractivity contribution in [3.8, 4) is 0 Å². The first-order chi connectivity index (χ1) is 13.6. The highest BCUT2D eigenvalue weighted by Gasteiger charge is 2.22. The van der Waals surface area contributed by atoms with Crippen LogP contribution in [0.1, 0.15) is 112 Å². The second-order valence-corrected chi connectivity index (χ2v) is 11.5. The molecule has 29 heavy (non-hydrogen) atoms. The van der Waals surface area contributed by atoms with E-state index < -0.39 is 7.60 Å². The molecule has 0 aliphatic carbocycles. The van der Waals surface area contributed by atoms with Crippen LogP contribution in [0, 0.1) is 5.41 Å². The molecule has 0 bridgehead atoms. The number of carbonyl (C=O) groups is 1. The van der Waals surface area contributed by atoms with Crippen LogP contribution in [0.2, 0.25) is 0 Å². The van der Waals surface area contributed by atoms with Gasteiger partial charge in [0.05, 0.1) is 19.3 Å². The Balaban J connectivity index is 4.31. The fourth-order valence-electron chi connectivity index (χ4n) is 3.03. The minimum atomic E-state index is -3.10. The van der Waals surface area contributed by atoms with Crippen LogP contribution in [0.15, 0.2) is 0 Å². The molecule has 2 atom stereocenters. The van der Waals surface area contributed by atoms with Gasteiger partial charge in [-0.3, -0.25) is 9.36 Å². The topological polar surface area (TPSA) is 64.6 Å². The van der Waals surface area contributed by atoms with E-state index in [-0.39, 0.29) is 24.0 Å². The fraction of sp³-hybridized carbons (Fsp3) is 0.957. The van der Waals surface area contributed by atoms with Gasteiger partial charge in [-0.25, -0.2) is 0 Å². The molecule has 0 heterocycles. The van der Waals surface area contributed by atoms with Gasteiger partial charge in [0, 0.05) is 13.1 Å². The third-order valence-electron chi connectivity index (χ3n) is 4.94. The number of hydrogen-bond donors (Lipinski definition) is 1. The van der Waals surface area contributed by atoms with Gasteiger partial charge in [0.25, 0.3) is 0 Å². The van der Waals surface area contributed by atoms with Crippen LogP contribution in [0.5, 0.6) is 0 Å². The van der Waals surface area contributed by atoms with Gasteiger partial charge in [0.2, 0.25) is 5.91 Å². The van der Waals surface area contributed by atoms with Crippen molar-refractivity contribution in [3.63, 3.8) is 0 Å². The average Bonchev–Trinajstić information content (AvgIpc) is 2.60. The second kappa shape index (κ2) is 16.3. The summed E-state index contributed by atoms with van der Waals surface area (Å²) in [5, 5.41) is 3.05. The van der Waals surface area contributed by atoms with Crippen LogP contribution < -0.4 is 5.32 Å². The SMILES string of the molecule is CCCCCCCCCCC(COP(C)(=O)OCCC(C)(C)C)NC(=O)CCC. The largest absolute Gasteiger partial charge is 0.351 e. The Bertz CT molecular complexity index is 462. The lowest BCUT2D eigenvalue weighted by Gasteiger charge is -2.23. The van der Waals surface area contributed by atoms with E-state index in [0.717, 1.165) is 32.1 Å². The van der Waals surface area contributed by atoms with Crippen molar-refractivity contribution in [3.05, 3.63) is 0 Å². The summed E-state index contributed by atoms with van der Waals surface area (Å²) in [7, 11) is -3.10. The zero-order valence-corrected chi connectivity index (χ0v) is 21.0. The maximum Gasteiger partial charge on any atom is 0.327 e. The Morgan fingerprint density at radius 2 is 1.52 bits per heavy atom. The van der Waals surface area contributed by atoms with Crippen molar-refractivity contribution in [2.75, 3.05) is 19.9 Å². The second-order valence-electron chi connectivity index (χ2n) is 9.49. The molecule has 0 saturated carbocycles. The van der Waals surface area contributed by atoms with E-state index in [0.29, 0.717) is 13.0 Å². The molecule has 0 fully saturated rings. The standard InChI is InChI=1S/C23H48NO4P/c1-7-9-10-11-12-13-14-15-17-21(24-22(25)16-8-2)20-28-29(6,26)27-19-18-23(3,4)5/h21H,7-20H2,1-6H3,(H,24,25). The van der Waals surface area contributed by atoms with Crippen molar-refractivity contribution >= 4 is 13.5 Å². The first-order valence-electron chi connectivity index (χ1n) is 11.8. The number of unbranched alkanes of at least 4 members (excludes halogenated alkanes) is 7. The summed E-state index contributed by atoms with van der Waals surface area (Å²) in [4.78, 5) is 12.0. The van der Waals surface area contributed by atoms with Crippen LogP contribution in [0.3, 0.4) is 0 Å². The molecule has 174 valence electrons. The third kappa shape index (κ3) is 19.3. The molecule has 1 N–H and O–H groups in total. The summed E-state index contributed by atoms with van der Waals surface area (Å²) < 4.78 is 23.7. The Kier molecular flexibility index (Phi) is 16.1. The third-order valence-corrected chi connectivity index (χ3v) is 6.21. The van der Waals surface area contributed by atoms with Crippen molar-refractivity contribution in [2.24, 2.45) is 5.41 Å². The van der Waals surface area contributed by atoms with Crippen LogP contribution in [0.4, 0.5) is 0 Å². The summed E-state index contributed by atoms with van der Waals surface area (Å²) in [6.07, 6.45) is 13.0. The molecule has 0 aromatic rings. The van der Waals surface area contributed by atoms with Crippen molar-refractivity contribution in [1.82, 2.24) is 5.32 Å². The molecule has 0 aromatic carbocycles. The van der Waals surface area contributed by atoms with Gasteiger partial charge in [-0.15, -0.1) is 0 Å². The molecule has 0 aliphatic heterocycles. The maximum atomic E-state index is 12.6. The van der Waals surface area contributed by atoms with Gasteiger partial charge in [-0.2, -0.15) is 0 Å². The maximum absolute atomic E-state index is 12.6.